The lowest BCUT2D eigenvalue weighted by Crippen LogP contribution is -2.38. The number of rotatable bonds is 10. The number of aryl methyl sites for hydroxylation is 1. The van der Waals surface area contributed by atoms with Gasteiger partial charge in [0.1, 0.15) is 17.6 Å². The van der Waals surface area contributed by atoms with Gasteiger partial charge in [-0.05, 0) is 72.3 Å². The van der Waals surface area contributed by atoms with Crippen LogP contribution in [0.3, 0.4) is 0 Å². The SMILES string of the molecule is COc1ccc2c(c1)C(c1ccc(Cl)cc1)=N[C@@H](CC(=O)NCC(=O)NCCc1ccc3c(c1)CC=C3B(O)O)c1nnc(C)n1-2. The highest BCUT2D eigenvalue weighted by atomic mass is 35.5. The molecule has 0 fully saturated rings. The molecular formula is C33H32BClN6O5. The van der Waals surface area contributed by atoms with Crippen LogP contribution in [0.1, 0.15) is 51.9 Å². The highest BCUT2D eigenvalue weighted by Crippen LogP contribution is 2.34. The minimum absolute atomic E-state index is 0.0543. The summed E-state index contributed by atoms with van der Waals surface area (Å²) >= 11 is 6.18. The highest BCUT2D eigenvalue weighted by Gasteiger charge is 2.30. The van der Waals surface area contributed by atoms with E-state index in [1.54, 1.807) is 19.2 Å². The van der Waals surface area contributed by atoms with E-state index in [0.717, 1.165) is 33.5 Å². The Bertz CT molecular complexity index is 1870. The molecule has 6 rings (SSSR count). The first-order chi connectivity index (χ1) is 22.2. The van der Waals surface area contributed by atoms with Crippen LogP contribution in [-0.2, 0) is 22.4 Å². The van der Waals surface area contributed by atoms with Gasteiger partial charge in [0.2, 0.25) is 11.8 Å². The molecule has 1 aliphatic heterocycles. The number of ether oxygens (including phenoxy) is 1. The average molecular weight is 639 g/mol. The number of nitrogens with one attached hydrogen (secondary N) is 2. The van der Waals surface area contributed by atoms with E-state index in [4.69, 9.17) is 21.3 Å². The lowest BCUT2D eigenvalue weighted by atomic mass is 9.76. The normalized spacial score (nSPS) is 14.7. The largest absolute Gasteiger partial charge is 0.497 e. The number of nitrogens with zero attached hydrogens (tertiary/aromatic N) is 4. The van der Waals surface area contributed by atoms with Crippen molar-refractivity contribution in [2.75, 3.05) is 20.2 Å². The Labute approximate surface area is 271 Å². The number of hydrogen-bond acceptors (Lipinski definition) is 8. The third-order valence-corrected chi connectivity index (χ3v) is 8.36. The predicted molar refractivity (Wildman–Crippen MR) is 175 cm³/mol. The summed E-state index contributed by atoms with van der Waals surface area (Å²) in [6.45, 7) is 2.04. The van der Waals surface area contributed by atoms with Gasteiger partial charge in [-0.15, -0.1) is 10.2 Å². The number of aliphatic imine (C=N–C) groups is 1. The van der Waals surface area contributed by atoms with Gasteiger partial charge in [0.25, 0.3) is 0 Å². The minimum atomic E-state index is -1.50. The van der Waals surface area contributed by atoms with Crippen molar-refractivity contribution in [1.29, 1.82) is 0 Å². The van der Waals surface area contributed by atoms with E-state index >= 15 is 0 Å². The summed E-state index contributed by atoms with van der Waals surface area (Å²) in [5.74, 6) is 1.14. The number of carbonyl (C=O) groups excluding carboxylic acids is 2. The quantitative estimate of drug-likeness (QED) is 0.195. The molecule has 234 valence electrons. The van der Waals surface area contributed by atoms with E-state index in [-0.39, 0.29) is 24.8 Å². The van der Waals surface area contributed by atoms with Crippen LogP contribution in [0.4, 0.5) is 0 Å². The van der Waals surface area contributed by atoms with Crippen molar-refractivity contribution in [3.05, 3.63) is 111 Å². The lowest BCUT2D eigenvalue weighted by Gasteiger charge is -2.14. The van der Waals surface area contributed by atoms with Gasteiger partial charge in [-0.3, -0.25) is 19.1 Å². The van der Waals surface area contributed by atoms with Crippen LogP contribution in [0.15, 0.2) is 71.7 Å². The van der Waals surface area contributed by atoms with Crippen molar-refractivity contribution in [3.8, 4) is 11.4 Å². The van der Waals surface area contributed by atoms with Gasteiger partial charge in [0, 0.05) is 22.7 Å². The van der Waals surface area contributed by atoms with Crippen LogP contribution < -0.4 is 15.4 Å². The number of aromatic nitrogens is 3. The van der Waals surface area contributed by atoms with E-state index < -0.39 is 13.2 Å². The maximum atomic E-state index is 13.2. The van der Waals surface area contributed by atoms with Crippen molar-refractivity contribution in [1.82, 2.24) is 25.4 Å². The molecule has 1 aromatic heterocycles. The summed E-state index contributed by atoms with van der Waals surface area (Å²) in [4.78, 5) is 30.8. The van der Waals surface area contributed by atoms with Crippen LogP contribution in [-0.4, -0.2) is 69.7 Å². The van der Waals surface area contributed by atoms with Gasteiger partial charge in [0.15, 0.2) is 5.82 Å². The molecule has 0 saturated heterocycles. The molecule has 13 heteroatoms. The summed E-state index contributed by atoms with van der Waals surface area (Å²) in [5.41, 5.74) is 6.45. The van der Waals surface area contributed by atoms with E-state index in [1.807, 2.05) is 66.1 Å². The Morgan fingerprint density at radius 2 is 1.83 bits per heavy atom. The standard InChI is InChI=1S/C33H32BClN6O5/c1-19-39-40-33-28(38-32(21-4-7-23(35)8-5-21)26-16-24(46-2)9-12-29(26)41(19)33)17-30(42)37-18-31(43)36-14-13-20-3-10-25-22(15-20)6-11-27(25)34(44)45/h3-5,7-12,15-16,28,44-45H,6,13-14,17-18H2,1-2H3,(H,36,43)(H,37,42)/t28-/m0/s1. The molecule has 0 radical (unpaired) electrons. The number of methoxy groups -OCH3 is 1. The monoisotopic (exact) mass is 638 g/mol. The zero-order valence-corrected chi connectivity index (χ0v) is 26.1. The van der Waals surface area contributed by atoms with Crippen molar-refractivity contribution in [2.24, 2.45) is 4.99 Å². The molecule has 0 bridgehead atoms. The van der Waals surface area contributed by atoms with Gasteiger partial charge >= 0.3 is 7.12 Å². The maximum Gasteiger partial charge on any atom is 0.488 e. The Balaban J connectivity index is 1.13. The number of fused-ring (bicyclic) bond motifs is 4. The fraction of sp³-hybridized carbons (Fsp3) is 0.242. The van der Waals surface area contributed by atoms with Gasteiger partial charge in [-0.1, -0.05) is 48.0 Å². The third-order valence-electron chi connectivity index (χ3n) is 8.11. The molecule has 1 aliphatic carbocycles. The van der Waals surface area contributed by atoms with Crippen LogP contribution in [0, 0.1) is 6.92 Å². The lowest BCUT2D eigenvalue weighted by molar-refractivity contribution is -0.126. The fourth-order valence-electron chi connectivity index (χ4n) is 5.84. The summed E-state index contributed by atoms with van der Waals surface area (Å²) < 4.78 is 7.41. The Kier molecular flexibility index (Phi) is 9.02. The van der Waals surface area contributed by atoms with Crippen molar-refractivity contribution in [3.63, 3.8) is 0 Å². The summed E-state index contributed by atoms with van der Waals surface area (Å²) in [6, 6.07) is 18.1. The van der Waals surface area contributed by atoms with Gasteiger partial charge < -0.3 is 25.4 Å². The van der Waals surface area contributed by atoms with E-state index in [9.17, 15) is 19.6 Å². The number of halogens is 1. The van der Waals surface area contributed by atoms with Crippen molar-refractivity contribution < 1.29 is 24.4 Å². The van der Waals surface area contributed by atoms with Crippen LogP contribution >= 0.6 is 11.6 Å². The van der Waals surface area contributed by atoms with Gasteiger partial charge in [-0.2, -0.15) is 0 Å². The summed E-state index contributed by atoms with van der Waals surface area (Å²) in [5, 5.41) is 33.9. The minimum Gasteiger partial charge on any atom is -0.497 e. The van der Waals surface area contributed by atoms with E-state index in [2.05, 4.69) is 20.8 Å². The molecule has 0 saturated carbocycles. The number of amides is 2. The second-order valence-electron chi connectivity index (χ2n) is 11.1. The van der Waals surface area contributed by atoms with Crippen LogP contribution in [0.2, 0.25) is 5.02 Å². The maximum absolute atomic E-state index is 13.2. The smallest absolute Gasteiger partial charge is 0.488 e. The Hall–Kier alpha value is -4.78. The molecule has 2 aliphatic rings. The zero-order valence-electron chi connectivity index (χ0n) is 25.3. The summed E-state index contributed by atoms with van der Waals surface area (Å²) in [6.07, 6.45) is 2.98. The topological polar surface area (TPSA) is 151 Å². The molecule has 4 aromatic rings. The molecular weight excluding hydrogens is 607 g/mol. The second kappa shape index (κ2) is 13.3. The number of benzene rings is 3. The number of allylic oxidation sites excluding steroid dienone is 1. The molecule has 3 aromatic carbocycles. The molecule has 4 N–H and O–H groups in total. The number of carbonyl (C=O) groups is 2. The van der Waals surface area contributed by atoms with Crippen molar-refractivity contribution >= 4 is 41.7 Å². The third kappa shape index (κ3) is 6.46. The van der Waals surface area contributed by atoms with E-state index in [1.165, 1.54) is 0 Å². The first-order valence-electron chi connectivity index (χ1n) is 14.9. The predicted octanol–water partition coefficient (Wildman–Crippen LogP) is 2.95. The van der Waals surface area contributed by atoms with Gasteiger partial charge in [0.05, 0.1) is 31.5 Å². The molecule has 46 heavy (non-hydrogen) atoms. The second-order valence-corrected chi connectivity index (χ2v) is 11.6. The first kappa shape index (κ1) is 31.2. The van der Waals surface area contributed by atoms with Crippen LogP contribution in [0.5, 0.6) is 5.75 Å². The summed E-state index contributed by atoms with van der Waals surface area (Å²) in [7, 11) is 0.103. The van der Waals surface area contributed by atoms with Gasteiger partial charge in [-0.25, -0.2) is 0 Å². The Morgan fingerprint density at radius 1 is 1.02 bits per heavy atom. The molecule has 11 nitrogen and oxygen atoms in total. The van der Waals surface area contributed by atoms with E-state index in [0.29, 0.717) is 53.0 Å². The first-order valence-corrected chi connectivity index (χ1v) is 15.3. The highest BCUT2D eigenvalue weighted by molar-refractivity contribution is 6.66. The van der Waals surface area contributed by atoms with Crippen LogP contribution in [0.25, 0.3) is 11.2 Å². The molecule has 1 atom stereocenters. The number of hydrogen-bond donors (Lipinski definition) is 4. The zero-order chi connectivity index (χ0) is 32.4. The Morgan fingerprint density at radius 3 is 2.59 bits per heavy atom. The fourth-order valence-corrected chi connectivity index (χ4v) is 5.97. The molecule has 0 unspecified atom stereocenters. The molecule has 2 amide bonds. The molecule has 0 spiro atoms. The average Bonchev–Trinajstić information content (AvgIpc) is 3.62. The van der Waals surface area contributed by atoms with Crippen molar-refractivity contribution in [2.45, 2.75) is 32.2 Å². The molecule has 2 heterocycles.